The van der Waals surface area contributed by atoms with Crippen molar-refractivity contribution in [2.45, 2.75) is 50.2 Å². The van der Waals surface area contributed by atoms with Crippen molar-refractivity contribution in [2.75, 3.05) is 19.4 Å². The van der Waals surface area contributed by atoms with Crippen LogP contribution in [0.2, 0.25) is 0 Å². The number of amides is 1. The fourth-order valence-corrected chi connectivity index (χ4v) is 4.25. The summed E-state index contributed by atoms with van der Waals surface area (Å²) < 4.78 is 107. The molecule has 0 radical (unpaired) electrons. The molecule has 16 heteroatoms. The number of hydrogen-bond donors (Lipinski definition) is 2. The number of carbonyl (C=O) groups is 1. The number of halogens is 7. The lowest BCUT2D eigenvalue weighted by atomic mass is 9.95. The molecule has 2 aromatic heterocycles. The molecular weight excluding hydrogens is 555 g/mol. The molecule has 0 saturated carbocycles. The van der Waals surface area contributed by atoms with Gasteiger partial charge in [0.05, 0.1) is 18.4 Å². The molecule has 0 saturated heterocycles. The summed E-state index contributed by atoms with van der Waals surface area (Å²) in [5.41, 5.74) is -1.61. The molecule has 40 heavy (non-hydrogen) atoms. The number of rotatable bonds is 3. The molecule has 1 aliphatic heterocycles. The average molecular weight is 577 g/mol. The quantitative estimate of drug-likeness (QED) is 0.423. The fraction of sp³-hybridized carbons (Fsp3) is 0.417. The summed E-state index contributed by atoms with van der Waals surface area (Å²) in [6.07, 6.45) is -11.4. The maximum absolute atomic E-state index is 14.0. The topological polar surface area (TPSA) is 128 Å². The number of nitrogens with two attached hydrogens (primary N) is 1. The van der Waals surface area contributed by atoms with E-state index in [1.165, 1.54) is 13.2 Å². The maximum atomic E-state index is 14.0. The number of benzene rings is 1. The van der Waals surface area contributed by atoms with Gasteiger partial charge in [0.15, 0.2) is 5.69 Å². The molecule has 1 aromatic carbocycles. The third-order valence-corrected chi connectivity index (χ3v) is 6.37. The van der Waals surface area contributed by atoms with E-state index in [-0.39, 0.29) is 43.7 Å². The second-order valence-corrected chi connectivity index (χ2v) is 9.08. The third kappa shape index (κ3) is 5.52. The molecule has 1 amide bonds. The minimum Gasteiger partial charge on any atom is -0.496 e. The first-order valence-electron chi connectivity index (χ1n) is 11.8. The second kappa shape index (κ2) is 10.6. The van der Waals surface area contributed by atoms with E-state index in [9.17, 15) is 40.6 Å². The second-order valence-electron chi connectivity index (χ2n) is 9.08. The summed E-state index contributed by atoms with van der Waals surface area (Å²) in [6.45, 7) is -0.570. The molecule has 4 bridgehead atoms. The molecule has 0 fully saturated rings. The zero-order valence-corrected chi connectivity index (χ0v) is 20.7. The molecule has 0 spiro atoms. The van der Waals surface area contributed by atoms with Crippen LogP contribution in [0.25, 0.3) is 11.6 Å². The summed E-state index contributed by atoms with van der Waals surface area (Å²) in [6, 6.07) is 3.76. The van der Waals surface area contributed by atoms with Crippen molar-refractivity contribution in [1.82, 2.24) is 20.1 Å². The van der Waals surface area contributed by atoms with E-state index < -0.39 is 70.5 Å². The Bertz CT molecular complexity index is 1410. The molecule has 1 atom stereocenters. The number of nitrogens with zero attached hydrogens (tertiary/aromatic N) is 4. The van der Waals surface area contributed by atoms with Crippen molar-refractivity contribution in [3.05, 3.63) is 52.8 Å². The molecule has 216 valence electrons. The molecule has 3 heterocycles. The van der Waals surface area contributed by atoms with Crippen LogP contribution in [0.5, 0.6) is 5.75 Å². The van der Waals surface area contributed by atoms with E-state index in [0.717, 1.165) is 17.0 Å². The lowest BCUT2D eigenvalue weighted by molar-refractivity contribution is -0.277. The van der Waals surface area contributed by atoms with Crippen LogP contribution in [-0.4, -0.2) is 50.9 Å². The predicted octanol–water partition coefficient (Wildman–Crippen LogP) is 4.85. The molecule has 0 unspecified atom stereocenters. The van der Waals surface area contributed by atoms with Gasteiger partial charge in [0.25, 0.3) is 17.7 Å². The largest absolute Gasteiger partial charge is 0.496 e. The number of pyridine rings is 1. The Morgan fingerprint density at radius 3 is 2.48 bits per heavy atom. The van der Waals surface area contributed by atoms with Gasteiger partial charge in [0.1, 0.15) is 17.3 Å². The number of methoxy groups -OCH3 is 1. The smallest absolute Gasteiger partial charge is 0.426 e. The number of hydrogen-bond acceptors (Lipinski definition) is 8. The van der Waals surface area contributed by atoms with Gasteiger partial charge in [-0.05, 0) is 31.4 Å². The number of alkyl halides is 6. The number of aromatic nitrogens is 3. The summed E-state index contributed by atoms with van der Waals surface area (Å²) >= 11 is 0. The number of ether oxygens (including phenoxy) is 1. The van der Waals surface area contributed by atoms with Crippen LogP contribution in [0.3, 0.4) is 0 Å². The highest BCUT2D eigenvalue weighted by atomic mass is 19.4. The Labute approximate surface area is 221 Å². The molecular formula is C24H22F7N5O4. The van der Waals surface area contributed by atoms with E-state index in [0.29, 0.717) is 6.07 Å². The van der Waals surface area contributed by atoms with Gasteiger partial charge >= 0.3 is 12.4 Å². The summed E-state index contributed by atoms with van der Waals surface area (Å²) in [5.74, 6) is -3.91. The molecule has 9 nitrogen and oxygen atoms in total. The Morgan fingerprint density at radius 2 is 1.82 bits per heavy atom. The number of nitrogen functional groups attached to an aromatic ring is 1. The first-order valence-corrected chi connectivity index (χ1v) is 11.8. The highest BCUT2D eigenvalue weighted by Gasteiger charge is 2.58. The Morgan fingerprint density at radius 1 is 1.10 bits per heavy atom. The Kier molecular flexibility index (Phi) is 7.66. The Hall–Kier alpha value is -3.95. The number of aliphatic hydroxyl groups is 1. The van der Waals surface area contributed by atoms with Crippen LogP contribution >= 0.6 is 0 Å². The van der Waals surface area contributed by atoms with Gasteiger partial charge in [-0.3, -0.25) is 4.79 Å². The first-order chi connectivity index (χ1) is 18.7. The first kappa shape index (κ1) is 29.0. The minimum absolute atomic E-state index is 0.0165. The molecule has 4 rings (SSSR count). The van der Waals surface area contributed by atoms with E-state index in [4.69, 9.17) is 14.9 Å². The lowest BCUT2D eigenvalue weighted by Gasteiger charge is -2.28. The maximum Gasteiger partial charge on any atom is 0.426 e. The zero-order chi connectivity index (χ0) is 29.5. The highest BCUT2D eigenvalue weighted by Crippen LogP contribution is 2.44. The van der Waals surface area contributed by atoms with Crippen molar-refractivity contribution >= 4 is 11.6 Å². The molecule has 1 aliphatic rings. The van der Waals surface area contributed by atoms with E-state index in [1.807, 2.05) is 0 Å². The number of carbonyl (C=O) groups excluding carboxylic acids is 1. The van der Waals surface area contributed by atoms with Crippen LogP contribution in [0, 0.1) is 5.82 Å². The van der Waals surface area contributed by atoms with E-state index >= 15 is 0 Å². The lowest BCUT2D eigenvalue weighted by Crippen LogP contribution is -2.42. The van der Waals surface area contributed by atoms with Crippen LogP contribution in [0.1, 0.15) is 53.2 Å². The fourth-order valence-electron chi connectivity index (χ4n) is 4.25. The van der Waals surface area contributed by atoms with Gasteiger partial charge in [-0.2, -0.15) is 26.3 Å². The predicted molar refractivity (Wildman–Crippen MR) is 123 cm³/mol. The van der Waals surface area contributed by atoms with Gasteiger partial charge in [-0.1, -0.05) is 12.5 Å². The van der Waals surface area contributed by atoms with Crippen molar-refractivity contribution in [1.29, 1.82) is 0 Å². The highest BCUT2D eigenvalue weighted by molar-refractivity contribution is 5.95. The van der Waals surface area contributed by atoms with Crippen molar-refractivity contribution < 1.29 is 49.8 Å². The minimum atomic E-state index is -5.24. The van der Waals surface area contributed by atoms with Gasteiger partial charge in [0.2, 0.25) is 5.60 Å². The molecule has 3 aromatic rings. The van der Waals surface area contributed by atoms with Gasteiger partial charge in [-0.15, -0.1) is 10.2 Å². The summed E-state index contributed by atoms with van der Waals surface area (Å²) in [7, 11) is 1.24. The monoisotopic (exact) mass is 577 g/mol. The summed E-state index contributed by atoms with van der Waals surface area (Å²) in [4.78, 5) is 18.3. The van der Waals surface area contributed by atoms with Crippen LogP contribution in [-0.2, 0) is 18.3 Å². The number of anilines is 1. The van der Waals surface area contributed by atoms with E-state index in [2.05, 4.69) is 15.2 Å². The van der Waals surface area contributed by atoms with Gasteiger partial charge in [0, 0.05) is 24.7 Å². The normalized spacial score (nSPS) is 18.9. The van der Waals surface area contributed by atoms with Crippen molar-refractivity contribution in [3.8, 4) is 17.3 Å². The van der Waals surface area contributed by atoms with E-state index in [1.54, 1.807) is 0 Å². The molecule has 0 aliphatic carbocycles. The molecule has 3 N–H and O–H groups in total. The van der Waals surface area contributed by atoms with Gasteiger partial charge < -0.3 is 24.9 Å². The summed E-state index contributed by atoms with van der Waals surface area (Å²) in [5, 5.41) is 17.2. The van der Waals surface area contributed by atoms with Gasteiger partial charge in [-0.25, -0.2) is 9.37 Å². The van der Waals surface area contributed by atoms with Crippen LogP contribution in [0.15, 0.2) is 28.7 Å². The van der Waals surface area contributed by atoms with Crippen LogP contribution < -0.4 is 10.5 Å². The SMILES string of the molecule is COc1cc(F)ccc1CN1CCCCC[C@](O)(C(F)(F)F)c2nnc(o2)-c2nc(c(C(F)(F)F)cc2N)C1=O. The zero-order valence-electron chi connectivity index (χ0n) is 20.7. The third-order valence-electron chi connectivity index (χ3n) is 6.37. The Balaban J connectivity index is 1.88. The average Bonchev–Trinajstić information content (AvgIpc) is 3.36. The van der Waals surface area contributed by atoms with Crippen molar-refractivity contribution in [3.63, 3.8) is 0 Å². The van der Waals surface area contributed by atoms with Crippen molar-refractivity contribution in [2.24, 2.45) is 0 Å². The number of fused-ring (bicyclic) bond motifs is 5. The van der Waals surface area contributed by atoms with Crippen LogP contribution in [0.4, 0.5) is 36.4 Å². The standard InChI is InChI=1S/C24H22F7N5O4/c1-39-16-9-13(25)6-5-12(16)11-36-8-4-2-3-7-22(38,24(29,30)31)21-35-34-19(40-21)18-15(32)10-14(23(26,27)28)17(33-18)20(36)37/h5-6,9-10,38H,2-4,7-8,11,32H2,1H3/t22-/m1/s1.